The highest BCUT2D eigenvalue weighted by molar-refractivity contribution is 5.98. The molecule has 1 rings (SSSR count). The number of hydrogen-bond acceptors (Lipinski definition) is 5. The van der Waals surface area contributed by atoms with E-state index in [1.54, 1.807) is 0 Å². The fourth-order valence-electron chi connectivity index (χ4n) is 1.41. The van der Waals surface area contributed by atoms with E-state index < -0.39 is 11.9 Å². The lowest BCUT2D eigenvalue weighted by atomic mass is 10.1. The third-order valence-corrected chi connectivity index (χ3v) is 2.16. The average molecular weight is 240 g/mol. The largest absolute Gasteiger partial charge is 0.492 e. The molecule has 0 amide bonds. The number of esters is 1. The van der Waals surface area contributed by atoms with Crippen LogP contribution in [0.25, 0.3) is 0 Å². The Morgan fingerprint density at radius 2 is 1.47 bits per heavy atom. The summed E-state index contributed by atoms with van der Waals surface area (Å²) in [6, 6.07) is 2.58. The maximum Gasteiger partial charge on any atom is 0.341 e. The molecular formula is C11H12O6. The maximum atomic E-state index is 11.4. The lowest BCUT2D eigenvalue weighted by Gasteiger charge is -2.13. The molecule has 0 fully saturated rings. The first-order valence-electron chi connectivity index (χ1n) is 4.63. The minimum Gasteiger partial charge on any atom is -0.492 e. The molecule has 0 bridgehead atoms. The summed E-state index contributed by atoms with van der Waals surface area (Å²) in [6.07, 6.45) is 0. The molecule has 1 N–H and O–H groups in total. The Kier molecular flexibility index (Phi) is 3.92. The predicted molar refractivity (Wildman–Crippen MR) is 57.8 cm³/mol. The van der Waals surface area contributed by atoms with Gasteiger partial charge in [0.25, 0.3) is 0 Å². The zero-order valence-electron chi connectivity index (χ0n) is 9.64. The van der Waals surface area contributed by atoms with Crippen molar-refractivity contribution in [3.63, 3.8) is 0 Å². The Morgan fingerprint density at radius 3 is 1.88 bits per heavy atom. The standard InChI is InChI=1S/C11H12O6/c1-15-8-6(10(12)13)4-5-7(9(8)16-2)11(14)17-3/h4-5H,1-3H3,(H,12,13). The highest BCUT2D eigenvalue weighted by Crippen LogP contribution is 2.35. The van der Waals surface area contributed by atoms with E-state index in [9.17, 15) is 9.59 Å². The Morgan fingerprint density at radius 1 is 1.00 bits per heavy atom. The molecule has 0 aromatic heterocycles. The fraction of sp³-hybridized carbons (Fsp3) is 0.273. The topological polar surface area (TPSA) is 82.1 Å². The van der Waals surface area contributed by atoms with Crippen molar-refractivity contribution < 1.29 is 28.9 Å². The first-order valence-corrected chi connectivity index (χ1v) is 4.63. The van der Waals surface area contributed by atoms with Crippen molar-refractivity contribution in [3.05, 3.63) is 23.3 Å². The number of carboxylic acids is 1. The number of hydrogen-bond donors (Lipinski definition) is 1. The normalized spacial score (nSPS) is 9.59. The number of ether oxygens (including phenoxy) is 3. The summed E-state index contributed by atoms with van der Waals surface area (Å²) in [4.78, 5) is 22.4. The molecule has 1 aromatic carbocycles. The van der Waals surface area contributed by atoms with Gasteiger partial charge in [0.15, 0.2) is 11.5 Å². The highest BCUT2D eigenvalue weighted by Gasteiger charge is 2.23. The van der Waals surface area contributed by atoms with Crippen LogP contribution in [0.5, 0.6) is 11.5 Å². The molecule has 1 aromatic rings. The zero-order chi connectivity index (χ0) is 13.0. The fourth-order valence-corrected chi connectivity index (χ4v) is 1.41. The number of methoxy groups -OCH3 is 3. The lowest BCUT2D eigenvalue weighted by Crippen LogP contribution is -2.09. The highest BCUT2D eigenvalue weighted by atomic mass is 16.5. The third-order valence-electron chi connectivity index (χ3n) is 2.16. The van der Waals surface area contributed by atoms with Crippen LogP contribution >= 0.6 is 0 Å². The predicted octanol–water partition coefficient (Wildman–Crippen LogP) is 1.19. The van der Waals surface area contributed by atoms with Gasteiger partial charge in [0.1, 0.15) is 11.1 Å². The first kappa shape index (κ1) is 12.8. The van der Waals surface area contributed by atoms with Crippen LogP contribution in [0.15, 0.2) is 12.1 Å². The smallest absolute Gasteiger partial charge is 0.341 e. The summed E-state index contributed by atoms with van der Waals surface area (Å²) < 4.78 is 14.5. The van der Waals surface area contributed by atoms with E-state index in [0.29, 0.717) is 0 Å². The number of benzene rings is 1. The molecule has 0 spiro atoms. The molecule has 0 saturated heterocycles. The summed E-state index contributed by atoms with van der Waals surface area (Å²) in [7, 11) is 3.83. The van der Waals surface area contributed by atoms with Crippen LogP contribution in [0.2, 0.25) is 0 Å². The van der Waals surface area contributed by atoms with Crippen molar-refractivity contribution in [3.8, 4) is 11.5 Å². The minimum absolute atomic E-state index is 0.0112. The molecule has 0 aliphatic carbocycles. The Labute approximate surface area is 97.7 Å². The van der Waals surface area contributed by atoms with Gasteiger partial charge in [0.2, 0.25) is 0 Å². The molecule has 0 aliphatic heterocycles. The molecule has 17 heavy (non-hydrogen) atoms. The van der Waals surface area contributed by atoms with E-state index in [-0.39, 0.29) is 22.6 Å². The quantitative estimate of drug-likeness (QED) is 0.796. The number of rotatable bonds is 4. The molecule has 92 valence electrons. The van der Waals surface area contributed by atoms with Crippen LogP contribution in [0.3, 0.4) is 0 Å². The van der Waals surface area contributed by atoms with Crippen LogP contribution in [-0.2, 0) is 4.74 Å². The van der Waals surface area contributed by atoms with Crippen molar-refractivity contribution in [2.45, 2.75) is 0 Å². The van der Waals surface area contributed by atoms with Crippen molar-refractivity contribution in [1.29, 1.82) is 0 Å². The number of carboxylic acid groups (broad SMARTS) is 1. The molecule has 0 radical (unpaired) electrons. The van der Waals surface area contributed by atoms with Crippen LogP contribution in [0, 0.1) is 0 Å². The van der Waals surface area contributed by atoms with Gasteiger partial charge in [-0.05, 0) is 12.1 Å². The SMILES string of the molecule is COC(=O)c1ccc(C(=O)O)c(OC)c1OC. The van der Waals surface area contributed by atoms with Crippen LogP contribution in [-0.4, -0.2) is 38.4 Å². The monoisotopic (exact) mass is 240 g/mol. The molecular weight excluding hydrogens is 228 g/mol. The molecule has 0 saturated carbocycles. The zero-order valence-corrected chi connectivity index (χ0v) is 9.64. The van der Waals surface area contributed by atoms with Gasteiger partial charge in [-0.1, -0.05) is 0 Å². The Hall–Kier alpha value is -2.24. The van der Waals surface area contributed by atoms with Crippen LogP contribution < -0.4 is 9.47 Å². The Bertz CT molecular complexity index is 452. The van der Waals surface area contributed by atoms with Gasteiger partial charge in [-0.25, -0.2) is 9.59 Å². The van der Waals surface area contributed by atoms with E-state index >= 15 is 0 Å². The van der Waals surface area contributed by atoms with Crippen LogP contribution in [0.4, 0.5) is 0 Å². The van der Waals surface area contributed by atoms with E-state index in [1.165, 1.54) is 33.5 Å². The summed E-state index contributed by atoms with van der Waals surface area (Å²) in [6.45, 7) is 0. The lowest BCUT2D eigenvalue weighted by molar-refractivity contribution is 0.0593. The maximum absolute atomic E-state index is 11.4. The van der Waals surface area contributed by atoms with Gasteiger partial charge in [-0.15, -0.1) is 0 Å². The number of carbonyl (C=O) groups excluding carboxylic acids is 1. The molecule has 6 heteroatoms. The molecule has 0 aliphatic rings. The van der Waals surface area contributed by atoms with Gasteiger partial charge in [0, 0.05) is 0 Å². The summed E-state index contributed by atoms with van der Waals surface area (Å²) in [5.41, 5.74) is 0.0221. The van der Waals surface area contributed by atoms with Crippen LogP contribution in [0.1, 0.15) is 20.7 Å². The van der Waals surface area contributed by atoms with Gasteiger partial charge >= 0.3 is 11.9 Å². The molecule has 0 unspecified atom stereocenters. The molecule has 0 heterocycles. The summed E-state index contributed by atoms with van der Waals surface area (Å²) in [5.74, 6) is -1.77. The third kappa shape index (κ3) is 2.30. The molecule has 0 atom stereocenters. The second-order valence-corrected chi connectivity index (χ2v) is 3.02. The summed E-state index contributed by atoms with van der Waals surface area (Å²) >= 11 is 0. The minimum atomic E-state index is -1.17. The molecule has 6 nitrogen and oxygen atoms in total. The second kappa shape index (κ2) is 5.20. The van der Waals surface area contributed by atoms with Gasteiger partial charge in [-0.3, -0.25) is 0 Å². The second-order valence-electron chi connectivity index (χ2n) is 3.02. The average Bonchev–Trinajstić information content (AvgIpc) is 2.35. The van der Waals surface area contributed by atoms with E-state index in [4.69, 9.17) is 14.6 Å². The van der Waals surface area contributed by atoms with Gasteiger partial charge in [0.05, 0.1) is 21.3 Å². The van der Waals surface area contributed by atoms with Crippen molar-refractivity contribution in [1.82, 2.24) is 0 Å². The number of aromatic carboxylic acids is 1. The van der Waals surface area contributed by atoms with Crippen molar-refractivity contribution in [2.75, 3.05) is 21.3 Å². The first-order chi connectivity index (χ1) is 8.06. The van der Waals surface area contributed by atoms with Gasteiger partial charge in [-0.2, -0.15) is 0 Å². The van der Waals surface area contributed by atoms with E-state index in [2.05, 4.69) is 4.74 Å². The Balaban J connectivity index is 3.48. The van der Waals surface area contributed by atoms with E-state index in [1.807, 2.05) is 0 Å². The van der Waals surface area contributed by atoms with Gasteiger partial charge < -0.3 is 19.3 Å². The van der Waals surface area contributed by atoms with Crippen molar-refractivity contribution in [2.24, 2.45) is 0 Å². The van der Waals surface area contributed by atoms with E-state index in [0.717, 1.165) is 0 Å². The van der Waals surface area contributed by atoms with Crippen molar-refractivity contribution >= 4 is 11.9 Å². The number of carbonyl (C=O) groups is 2. The summed E-state index contributed by atoms with van der Waals surface area (Å²) in [5, 5.41) is 8.95.